The molecule has 0 saturated carbocycles. The molecule has 1 rings (SSSR count). The monoisotopic (exact) mass is 174 g/mol. The summed E-state index contributed by atoms with van der Waals surface area (Å²) in [5.41, 5.74) is 0.682. The van der Waals surface area contributed by atoms with Crippen molar-refractivity contribution in [3.05, 3.63) is 22.6 Å². The van der Waals surface area contributed by atoms with Gasteiger partial charge in [-0.2, -0.15) is 0 Å². The number of methoxy groups -OCH3 is 1. The number of aryl methyl sites for hydroxylation is 1. The average Bonchev–Trinajstić information content (AvgIpc) is 2.28. The van der Waals surface area contributed by atoms with Crippen molar-refractivity contribution in [1.29, 1.82) is 0 Å². The van der Waals surface area contributed by atoms with E-state index in [9.17, 15) is 4.79 Å². The van der Waals surface area contributed by atoms with E-state index in [0.29, 0.717) is 5.56 Å². The third-order valence-corrected chi connectivity index (χ3v) is 1.44. The van der Waals surface area contributed by atoms with E-state index in [1.165, 1.54) is 7.11 Å². The fourth-order valence-corrected chi connectivity index (χ4v) is 0.979. The molecule has 0 aliphatic heterocycles. The molecule has 0 spiro atoms. The molecule has 1 aromatic heterocycles. The van der Waals surface area contributed by atoms with E-state index in [0.717, 1.165) is 0 Å². The molecule has 0 aromatic carbocycles. The van der Waals surface area contributed by atoms with Gasteiger partial charge in [0, 0.05) is 5.56 Å². The Labute approximate surface area is 68.9 Å². The molecule has 0 unspecified atom stereocenters. The summed E-state index contributed by atoms with van der Waals surface area (Å²) >= 11 is 5.49. The quantitative estimate of drug-likeness (QED) is 0.612. The van der Waals surface area contributed by atoms with Gasteiger partial charge >= 0.3 is 5.97 Å². The summed E-state index contributed by atoms with van der Waals surface area (Å²) in [4.78, 5) is 10.9. The highest BCUT2D eigenvalue weighted by molar-refractivity contribution is 6.29. The molecule has 0 aliphatic rings. The maximum atomic E-state index is 10.9. The standard InChI is InChI=1S/C7H7ClO3/c1-4-3-5(8)11-6(4)7(9)10-2/h3H,1-2H3. The molecule has 3 nitrogen and oxygen atoms in total. The molecule has 0 radical (unpaired) electrons. The van der Waals surface area contributed by atoms with Crippen LogP contribution in [0.2, 0.25) is 5.22 Å². The van der Waals surface area contributed by atoms with Gasteiger partial charge < -0.3 is 9.15 Å². The van der Waals surface area contributed by atoms with Gasteiger partial charge in [0.15, 0.2) is 5.22 Å². The normalized spacial score (nSPS) is 9.73. The molecule has 11 heavy (non-hydrogen) atoms. The Bertz CT molecular complexity index is 277. The Morgan fingerprint density at radius 1 is 1.73 bits per heavy atom. The number of furan rings is 1. The second-order valence-corrected chi connectivity index (χ2v) is 2.43. The fourth-order valence-electron chi connectivity index (χ4n) is 0.739. The van der Waals surface area contributed by atoms with Crippen LogP contribution in [0.4, 0.5) is 0 Å². The Kier molecular flexibility index (Phi) is 2.19. The van der Waals surface area contributed by atoms with E-state index < -0.39 is 5.97 Å². The van der Waals surface area contributed by atoms with Gasteiger partial charge in [-0.15, -0.1) is 0 Å². The second-order valence-electron chi connectivity index (χ2n) is 2.05. The van der Waals surface area contributed by atoms with Crippen molar-refractivity contribution in [3.8, 4) is 0 Å². The lowest BCUT2D eigenvalue weighted by atomic mass is 10.3. The first-order valence-electron chi connectivity index (χ1n) is 2.99. The van der Waals surface area contributed by atoms with Crippen LogP contribution in [0.25, 0.3) is 0 Å². The molecule has 0 saturated heterocycles. The zero-order chi connectivity index (χ0) is 8.43. The van der Waals surface area contributed by atoms with Gasteiger partial charge in [-0.25, -0.2) is 4.79 Å². The topological polar surface area (TPSA) is 39.4 Å². The Hall–Kier alpha value is -0.960. The number of esters is 1. The van der Waals surface area contributed by atoms with Crippen LogP contribution in [0.5, 0.6) is 0 Å². The molecular weight excluding hydrogens is 168 g/mol. The minimum Gasteiger partial charge on any atom is -0.463 e. The van der Waals surface area contributed by atoms with Gasteiger partial charge in [0.25, 0.3) is 0 Å². The summed E-state index contributed by atoms with van der Waals surface area (Å²) in [6.45, 7) is 1.72. The summed E-state index contributed by atoms with van der Waals surface area (Å²) in [5.74, 6) is -0.341. The van der Waals surface area contributed by atoms with Crippen LogP contribution in [0.1, 0.15) is 16.1 Å². The van der Waals surface area contributed by atoms with E-state index in [4.69, 9.17) is 16.0 Å². The minimum absolute atomic E-state index is 0.164. The Morgan fingerprint density at radius 2 is 2.36 bits per heavy atom. The molecule has 0 bridgehead atoms. The SMILES string of the molecule is COC(=O)c1oc(Cl)cc1C. The average molecular weight is 175 g/mol. The van der Waals surface area contributed by atoms with Crippen molar-refractivity contribution in [2.24, 2.45) is 0 Å². The molecule has 1 aromatic rings. The maximum Gasteiger partial charge on any atom is 0.374 e. The smallest absolute Gasteiger partial charge is 0.374 e. The third-order valence-electron chi connectivity index (χ3n) is 1.26. The van der Waals surface area contributed by atoms with Crippen molar-refractivity contribution >= 4 is 17.6 Å². The first kappa shape index (κ1) is 8.14. The zero-order valence-electron chi connectivity index (χ0n) is 6.18. The van der Waals surface area contributed by atoms with Crippen LogP contribution in [-0.4, -0.2) is 13.1 Å². The first-order chi connectivity index (χ1) is 5.15. The fraction of sp³-hybridized carbons (Fsp3) is 0.286. The predicted octanol–water partition coefficient (Wildman–Crippen LogP) is 2.03. The summed E-state index contributed by atoms with van der Waals surface area (Å²) in [7, 11) is 1.29. The van der Waals surface area contributed by atoms with Crippen molar-refractivity contribution in [2.75, 3.05) is 7.11 Å². The number of ether oxygens (including phenoxy) is 1. The van der Waals surface area contributed by atoms with E-state index in [1.54, 1.807) is 13.0 Å². The number of hydrogen-bond donors (Lipinski definition) is 0. The number of carbonyl (C=O) groups is 1. The molecule has 0 amide bonds. The summed E-state index contributed by atoms with van der Waals surface area (Å²) in [6, 6.07) is 1.56. The maximum absolute atomic E-state index is 10.9. The van der Waals surface area contributed by atoms with Gasteiger partial charge in [0.05, 0.1) is 7.11 Å². The van der Waals surface area contributed by atoms with Crippen LogP contribution in [-0.2, 0) is 4.74 Å². The molecular formula is C7H7ClO3. The van der Waals surface area contributed by atoms with Gasteiger partial charge in [0.1, 0.15) is 0 Å². The molecule has 4 heteroatoms. The Balaban J connectivity index is 3.03. The summed E-state index contributed by atoms with van der Waals surface area (Å²) in [5, 5.41) is 0.197. The lowest BCUT2D eigenvalue weighted by Crippen LogP contribution is -2.00. The second kappa shape index (κ2) is 2.96. The van der Waals surface area contributed by atoms with E-state index >= 15 is 0 Å². The highest BCUT2D eigenvalue weighted by atomic mass is 35.5. The molecule has 0 atom stereocenters. The lowest BCUT2D eigenvalue weighted by molar-refractivity contribution is 0.0564. The molecule has 1 heterocycles. The van der Waals surface area contributed by atoms with Crippen LogP contribution in [0, 0.1) is 6.92 Å². The summed E-state index contributed by atoms with van der Waals surface area (Å²) < 4.78 is 9.30. The predicted molar refractivity (Wildman–Crippen MR) is 39.8 cm³/mol. The van der Waals surface area contributed by atoms with Gasteiger partial charge in [-0.3, -0.25) is 0 Å². The van der Waals surface area contributed by atoms with Crippen molar-refractivity contribution in [3.63, 3.8) is 0 Å². The first-order valence-corrected chi connectivity index (χ1v) is 3.37. The van der Waals surface area contributed by atoms with Gasteiger partial charge in [0.2, 0.25) is 5.76 Å². The van der Waals surface area contributed by atoms with E-state index in [2.05, 4.69) is 4.74 Å². The van der Waals surface area contributed by atoms with Crippen molar-refractivity contribution in [1.82, 2.24) is 0 Å². The third kappa shape index (κ3) is 1.54. The van der Waals surface area contributed by atoms with Crippen LogP contribution in [0.3, 0.4) is 0 Å². The van der Waals surface area contributed by atoms with Crippen LogP contribution in [0.15, 0.2) is 10.5 Å². The molecule has 0 aliphatic carbocycles. The molecule has 60 valence electrons. The van der Waals surface area contributed by atoms with Crippen LogP contribution >= 0.6 is 11.6 Å². The van der Waals surface area contributed by atoms with E-state index in [1.807, 2.05) is 0 Å². The van der Waals surface area contributed by atoms with Crippen LogP contribution < -0.4 is 0 Å². The van der Waals surface area contributed by atoms with Gasteiger partial charge in [-0.05, 0) is 24.6 Å². The number of hydrogen-bond acceptors (Lipinski definition) is 3. The summed E-state index contributed by atoms with van der Waals surface area (Å²) in [6.07, 6.45) is 0. The largest absolute Gasteiger partial charge is 0.463 e. The van der Waals surface area contributed by atoms with Crippen molar-refractivity contribution in [2.45, 2.75) is 6.92 Å². The highest BCUT2D eigenvalue weighted by Gasteiger charge is 2.14. The van der Waals surface area contributed by atoms with E-state index in [-0.39, 0.29) is 11.0 Å². The van der Waals surface area contributed by atoms with Crippen molar-refractivity contribution < 1.29 is 13.9 Å². The number of halogens is 1. The minimum atomic E-state index is -0.505. The molecule has 0 fully saturated rings. The highest BCUT2D eigenvalue weighted by Crippen LogP contribution is 2.19. The molecule has 0 N–H and O–H groups in total. The Morgan fingerprint density at radius 3 is 2.73 bits per heavy atom. The van der Waals surface area contributed by atoms with Gasteiger partial charge in [-0.1, -0.05) is 0 Å². The zero-order valence-corrected chi connectivity index (χ0v) is 6.94. The lowest BCUT2D eigenvalue weighted by Gasteiger charge is -1.93. The number of carbonyl (C=O) groups excluding carboxylic acids is 1. The number of rotatable bonds is 1.